The summed E-state index contributed by atoms with van der Waals surface area (Å²) in [6, 6.07) is 5.07. The molecule has 0 amide bonds. The molecule has 2 aliphatic rings. The average Bonchev–Trinajstić information content (AvgIpc) is 2.96. The molecule has 1 aliphatic heterocycles. The minimum Gasteiger partial charge on any atom is -0.432 e. The molecule has 12 heteroatoms. The highest BCUT2D eigenvalue weighted by molar-refractivity contribution is 5.35. The fourth-order valence-corrected chi connectivity index (χ4v) is 5.79. The third kappa shape index (κ3) is 9.32. The van der Waals surface area contributed by atoms with Gasteiger partial charge in [-0.05, 0) is 62.5 Å². The first-order chi connectivity index (χ1) is 20.9. The first-order valence-electron chi connectivity index (χ1n) is 14.8. The van der Waals surface area contributed by atoms with E-state index in [-0.39, 0.29) is 49.7 Å². The van der Waals surface area contributed by atoms with Gasteiger partial charge in [0.05, 0.1) is 19.1 Å². The lowest BCUT2D eigenvalue weighted by atomic mass is 9.78. The van der Waals surface area contributed by atoms with Crippen LogP contribution in [-0.2, 0) is 9.47 Å². The summed E-state index contributed by atoms with van der Waals surface area (Å²) in [7, 11) is 0. The van der Waals surface area contributed by atoms with Crippen LogP contribution in [0.15, 0.2) is 43.0 Å². The summed E-state index contributed by atoms with van der Waals surface area (Å²) < 4.78 is 129. The van der Waals surface area contributed by atoms with E-state index in [0.717, 1.165) is 38.5 Å². The highest BCUT2D eigenvalue weighted by atomic mass is 19.4. The molecule has 0 spiro atoms. The summed E-state index contributed by atoms with van der Waals surface area (Å²) in [6.45, 7) is 4.76. The van der Waals surface area contributed by atoms with Gasteiger partial charge in [-0.2, -0.15) is 8.78 Å². The van der Waals surface area contributed by atoms with Gasteiger partial charge in [-0.25, -0.2) is 13.2 Å². The Morgan fingerprint density at radius 3 is 2.02 bits per heavy atom. The zero-order chi connectivity index (χ0) is 31.9. The van der Waals surface area contributed by atoms with Gasteiger partial charge in [0.15, 0.2) is 17.9 Å². The zero-order valence-corrected chi connectivity index (χ0v) is 24.1. The van der Waals surface area contributed by atoms with Gasteiger partial charge in [0.2, 0.25) is 5.75 Å². The van der Waals surface area contributed by atoms with E-state index >= 15 is 4.39 Å². The van der Waals surface area contributed by atoms with Crippen LogP contribution in [0, 0.1) is 29.3 Å². The molecule has 2 aromatic carbocycles. The Hall–Kier alpha value is -2.86. The molecule has 0 bridgehead atoms. The normalized spacial score (nSPS) is 22.9. The maximum atomic E-state index is 15.1. The van der Waals surface area contributed by atoms with Crippen LogP contribution >= 0.6 is 0 Å². The van der Waals surface area contributed by atoms with E-state index in [1.165, 1.54) is 6.07 Å². The van der Waals surface area contributed by atoms with Crippen molar-refractivity contribution in [1.82, 2.24) is 0 Å². The Morgan fingerprint density at radius 2 is 1.43 bits per heavy atom. The van der Waals surface area contributed by atoms with Gasteiger partial charge in [0, 0.05) is 23.6 Å². The number of halogens is 8. The Balaban J connectivity index is 1.26. The van der Waals surface area contributed by atoms with Crippen molar-refractivity contribution >= 4 is 0 Å². The molecule has 2 fully saturated rings. The monoisotopic (exact) mass is 636 g/mol. The van der Waals surface area contributed by atoms with Crippen LogP contribution < -0.4 is 9.47 Å². The van der Waals surface area contributed by atoms with Gasteiger partial charge in [0.1, 0.15) is 11.6 Å². The fraction of sp³-hybridized carbons (Fsp3) is 0.562. The number of benzene rings is 2. The summed E-state index contributed by atoms with van der Waals surface area (Å²) in [5.41, 5.74) is 0.917. The number of allylic oxidation sites excluding steroid dienone is 1. The first-order valence-corrected chi connectivity index (χ1v) is 14.8. The smallest absolute Gasteiger partial charge is 0.432 e. The summed E-state index contributed by atoms with van der Waals surface area (Å²) in [6.07, 6.45) is -1.21. The lowest BCUT2D eigenvalue weighted by molar-refractivity contribution is -0.276. The van der Waals surface area contributed by atoms with Gasteiger partial charge in [-0.3, -0.25) is 0 Å². The van der Waals surface area contributed by atoms with Gasteiger partial charge >= 0.3 is 12.5 Å². The van der Waals surface area contributed by atoms with Crippen molar-refractivity contribution in [2.45, 2.75) is 88.9 Å². The van der Waals surface area contributed by atoms with Crippen LogP contribution in [-0.4, -0.2) is 25.7 Å². The molecule has 0 radical (unpaired) electrons. The predicted octanol–water partition coefficient (Wildman–Crippen LogP) is 10.1. The molecular weight excluding hydrogens is 600 g/mol. The van der Waals surface area contributed by atoms with E-state index in [4.69, 9.17) is 9.47 Å². The number of alkyl halides is 5. The fourth-order valence-electron chi connectivity index (χ4n) is 5.79. The van der Waals surface area contributed by atoms with E-state index in [2.05, 4.69) is 16.1 Å². The van der Waals surface area contributed by atoms with Gasteiger partial charge in [-0.15, -0.1) is 19.8 Å². The lowest BCUT2D eigenvalue weighted by Crippen LogP contribution is -2.37. The number of hydrogen-bond acceptors (Lipinski definition) is 4. The van der Waals surface area contributed by atoms with E-state index in [1.807, 2.05) is 6.08 Å². The second kappa shape index (κ2) is 14.9. The maximum Gasteiger partial charge on any atom is 0.573 e. The van der Waals surface area contributed by atoms with Crippen LogP contribution in [0.1, 0.15) is 87.5 Å². The number of ether oxygens (including phenoxy) is 4. The predicted molar refractivity (Wildman–Crippen MR) is 146 cm³/mol. The number of rotatable bonds is 13. The first kappa shape index (κ1) is 34.0. The Labute approximate surface area is 251 Å². The van der Waals surface area contributed by atoms with E-state index in [1.54, 1.807) is 12.1 Å². The molecule has 1 saturated carbocycles. The minimum absolute atomic E-state index is 0.0798. The zero-order valence-electron chi connectivity index (χ0n) is 24.1. The van der Waals surface area contributed by atoms with Gasteiger partial charge in [-0.1, -0.05) is 37.5 Å². The van der Waals surface area contributed by atoms with Crippen molar-refractivity contribution in [3.8, 4) is 11.5 Å². The summed E-state index contributed by atoms with van der Waals surface area (Å²) in [4.78, 5) is 0. The van der Waals surface area contributed by atoms with E-state index in [0.29, 0.717) is 24.3 Å². The highest BCUT2D eigenvalue weighted by Gasteiger charge is 2.45. The van der Waals surface area contributed by atoms with Crippen LogP contribution in [0.4, 0.5) is 35.1 Å². The van der Waals surface area contributed by atoms with Gasteiger partial charge in [0.25, 0.3) is 0 Å². The molecule has 1 saturated heterocycles. The average molecular weight is 637 g/mol. The third-order valence-corrected chi connectivity index (χ3v) is 8.12. The third-order valence-electron chi connectivity index (χ3n) is 8.12. The molecule has 1 heterocycles. The highest BCUT2D eigenvalue weighted by Crippen LogP contribution is 2.44. The second-order valence-electron chi connectivity index (χ2n) is 11.4. The number of unbranched alkanes of at least 4 members (excludes halogenated alkanes) is 4. The lowest BCUT2D eigenvalue weighted by Gasteiger charge is -2.34. The topological polar surface area (TPSA) is 36.9 Å². The molecule has 2 aromatic rings. The van der Waals surface area contributed by atoms with Crippen molar-refractivity contribution in [2.24, 2.45) is 11.8 Å². The summed E-state index contributed by atoms with van der Waals surface area (Å²) in [5.74, 6) is -8.34. The number of hydrogen-bond donors (Lipinski definition) is 0. The molecule has 4 nitrogen and oxygen atoms in total. The maximum absolute atomic E-state index is 15.1. The van der Waals surface area contributed by atoms with E-state index in [9.17, 15) is 30.7 Å². The van der Waals surface area contributed by atoms with Crippen molar-refractivity contribution < 1.29 is 54.1 Å². The van der Waals surface area contributed by atoms with Crippen molar-refractivity contribution in [3.05, 3.63) is 71.6 Å². The van der Waals surface area contributed by atoms with Crippen LogP contribution in [0.2, 0.25) is 0 Å². The van der Waals surface area contributed by atoms with Crippen LogP contribution in [0.25, 0.3) is 0 Å². The summed E-state index contributed by atoms with van der Waals surface area (Å²) >= 11 is 0. The molecule has 4 rings (SSSR count). The molecule has 0 atom stereocenters. The Morgan fingerprint density at radius 1 is 0.795 bits per heavy atom. The largest absolute Gasteiger partial charge is 0.573 e. The Bertz CT molecular complexity index is 1210. The minimum atomic E-state index is -5.38. The summed E-state index contributed by atoms with van der Waals surface area (Å²) in [5, 5.41) is 0. The molecule has 1 aliphatic carbocycles. The SMILES string of the molecule is C=CCCCCCCC1COC(c2ccc(C3CCC(C(F)(F)Oc4cc(F)c(OC(F)(F)F)c(F)c4)CC3)c(F)c2)OC1. The van der Waals surface area contributed by atoms with Crippen molar-refractivity contribution in [1.29, 1.82) is 0 Å². The second-order valence-corrected chi connectivity index (χ2v) is 11.4. The quantitative estimate of drug-likeness (QED) is 0.125. The molecule has 0 unspecified atom stereocenters. The van der Waals surface area contributed by atoms with Crippen LogP contribution in [0.5, 0.6) is 11.5 Å². The molecule has 0 aromatic heterocycles. The molecule has 0 N–H and O–H groups in total. The van der Waals surface area contributed by atoms with E-state index < -0.39 is 53.6 Å². The molecular formula is C32H36F8O4. The Kier molecular flexibility index (Phi) is 11.6. The van der Waals surface area contributed by atoms with Gasteiger partial charge < -0.3 is 18.9 Å². The standard InChI is InChI=1S/C32H36F8O4/c1-2-3-4-5-6-7-8-20-18-41-30(42-19-20)22-11-14-25(26(33)15-22)21-9-12-23(13-10-21)31(36,37)43-24-16-27(34)29(28(35)17-24)44-32(38,39)40/h2,11,14-17,20-21,23,30H,1,3-10,12-13,18-19H2. The van der Waals surface area contributed by atoms with Crippen molar-refractivity contribution in [2.75, 3.05) is 13.2 Å². The molecule has 244 valence electrons. The molecule has 44 heavy (non-hydrogen) atoms. The van der Waals surface area contributed by atoms with Crippen molar-refractivity contribution in [3.63, 3.8) is 0 Å². The van der Waals surface area contributed by atoms with Crippen LogP contribution in [0.3, 0.4) is 0 Å².